The Balaban J connectivity index is 2.71. The summed E-state index contributed by atoms with van der Waals surface area (Å²) in [5, 5.41) is 0. The van der Waals surface area contributed by atoms with Gasteiger partial charge >= 0.3 is 12.1 Å². The molecule has 1 atom stereocenters. The van der Waals surface area contributed by atoms with Crippen LogP contribution in [0.3, 0.4) is 0 Å². The van der Waals surface area contributed by atoms with E-state index in [4.69, 9.17) is 4.74 Å². The minimum atomic E-state index is -4.39. The van der Waals surface area contributed by atoms with Gasteiger partial charge in [-0.3, -0.25) is 0 Å². The molecule has 1 rings (SSSR count). The van der Waals surface area contributed by atoms with E-state index in [0.717, 1.165) is 37.1 Å². The van der Waals surface area contributed by atoms with E-state index in [1.54, 1.807) is 6.92 Å². The Morgan fingerprint density at radius 1 is 1.28 bits per heavy atom. The maximum atomic E-state index is 12.3. The number of alkyl halides is 3. The normalized spacial score (nSPS) is 13.2. The van der Waals surface area contributed by atoms with Crippen molar-refractivity contribution in [1.29, 1.82) is 0 Å². The van der Waals surface area contributed by atoms with Crippen molar-refractivity contribution in [1.82, 2.24) is 0 Å². The highest BCUT2D eigenvalue weighted by molar-refractivity contribution is 5.89. The first kappa shape index (κ1) is 14.5. The highest BCUT2D eigenvalue weighted by atomic mass is 19.4. The molecule has 1 unspecified atom stereocenters. The summed E-state index contributed by atoms with van der Waals surface area (Å²) in [6, 6.07) is 4.01. The van der Waals surface area contributed by atoms with Crippen LogP contribution in [0.4, 0.5) is 13.2 Å². The van der Waals surface area contributed by atoms with Gasteiger partial charge in [0.05, 0.1) is 17.2 Å². The third kappa shape index (κ3) is 4.05. The molecule has 0 amide bonds. The molecule has 0 radical (unpaired) electrons. The minimum Gasteiger partial charge on any atom is -0.459 e. The highest BCUT2D eigenvalue weighted by Gasteiger charge is 2.30. The van der Waals surface area contributed by atoms with E-state index in [2.05, 4.69) is 0 Å². The number of carbonyl (C=O) groups excluding carboxylic acids is 1. The second kappa shape index (κ2) is 5.89. The zero-order valence-electron chi connectivity index (χ0n) is 10.3. The van der Waals surface area contributed by atoms with Crippen LogP contribution < -0.4 is 0 Å². The molecule has 0 fully saturated rings. The van der Waals surface area contributed by atoms with Crippen LogP contribution >= 0.6 is 0 Å². The highest BCUT2D eigenvalue weighted by Crippen LogP contribution is 2.29. The summed E-state index contributed by atoms with van der Waals surface area (Å²) in [5.41, 5.74) is -0.647. The summed E-state index contributed by atoms with van der Waals surface area (Å²) >= 11 is 0. The van der Waals surface area contributed by atoms with Crippen LogP contribution in [0.15, 0.2) is 24.3 Å². The van der Waals surface area contributed by atoms with Gasteiger partial charge in [-0.1, -0.05) is 13.3 Å². The van der Waals surface area contributed by atoms with Crippen molar-refractivity contribution in [3.63, 3.8) is 0 Å². The van der Waals surface area contributed by atoms with E-state index in [1.807, 2.05) is 6.92 Å². The van der Waals surface area contributed by atoms with Crippen LogP contribution in [0, 0.1) is 0 Å². The van der Waals surface area contributed by atoms with Gasteiger partial charge in [-0.05, 0) is 37.6 Å². The summed E-state index contributed by atoms with van der Waals surface area (Å²) in [4.78, 5) is 11.6. The predicted molar refractivity (Wildman–Crippen MR) is 61.2 cm³/mol. The van der Waals surface area contributed by atoms with E-state index in [9.17, 15) is 18.0 Å². The predicted octanol–water partition coefficient (Wildman–Crippen LogP) is 4.05. The summed E-state index contributed by atoms with van der Waals surface area (Å²) in [6.45, 7) is 3.72. The average Bonchev–Trinajstić information content (AvgIpc) is 2.28. The van der Waals surface area contributed by atoms with Gasteiger partial charge in [-0.25, -0.2) is 4.79 Å². The monoisotopic (exact) mass is 260 g/mol. The Bertz CT molecular complexity index is 396. The fraction of sp³-hybridized carbons (Fsp3) is 0.462. The molecule has 0 saturated heterocycles. The largest absolute Gasteiger partial charge is 0.459 e. The second-order valence-electron chi connectivity index (χ2n) is 4.08. The summed E-state index contributed by atoms with van der Waals surface area (Å²) in [5.74, 6) is -0.593. The number of carbonyl (C=O) groups is 1. The van der Waals surface area contributed by atoms with Crippen molar-refractivity contribution < 1.29 is 22.7 Å². The van der Waals surface area contributed by atoms with Crippen molar-refractivity contribution in [2.24, 2.45) is 0 Å². The van der Waals surface area contributed by atoms with Crippen LogP contribution in [-0.4, -0.2) is 12.1 Å². The maximum Gasteiger partial charge on any atom is 0.416 e. The molecule has 0 heterocycles. The number of hydrogen-bond donors (Lipinski definition) is 0. The van der Waals surface area contributed by atoms with Gasteiger partial charge in [0.25, 0.3) is 0 Å². The molecule has 0 bridgehead atoms. The smallest absolute Gasteiger partial charge is 0.416 e. The third-order valence-corrected chi connectivity index (χ3v) is 2.45. The molecule has 0 spiro atoms. The summed E-state index contributed by atoms with van der Waals surface area (Å²) in [7, 11) is 0. The number of ether oxygens (including phenoxy) is 1. The molecule has 1 aromatic carbocycles. The zero-order valence-corrected chi connectivity index (χ0v) is 10.3. The Morgan fingerprint density at radius 3 is 2.28 bits per heavy atom. The first-order chi connectivity index (χ1) is 8.34. The molecule has 0 N–H and O–H groups in total. The third-order valence-electron chi connectivity index (χ3n) is 2.45. The van der Waals surface area contributed by atoms with Gasteiger partial charge in [-0.2, -0.15) is 13.2 Å². The topological polar surface area (TPSA) is 26.3 Å². The van der Waals surface area contributed by atoms with E-state index < -0.39 is 17.7 Å². The first-order valence-corrected chi connectivity index (χ1v) is 5.72. The second-order valence-corrected chi connectivity index (χ2v) is 4.08. The van der Waals surface area contributed by atoms with Gasteiger partial charge in [0, 0.05) is 0 Å². The van der Waals surface area contributed by atoms with Crippen molar-refractivity contribution in [3.8, 4) is 0 Å². The lowest BCUT2D eigenvalue weighted by Gasteiger charge is -2.12. The van der Waals surface area contributed by atoms with Gasteiger partial charge in [0.1, 0.15) is 0 Å². The maximum absolute atomic E-state index is 12.3. The molecule has 0 aliphatic heterocycles. The molecule has 1 aromatic rings. The molecule has 0 aromatic heterocycles. The number of halogens is 3. The van der Waals surface area contributed by atoms with E-state index in [0.29, 0.717) is 0 Å². The van der Waals surface area contributed by atoms with Gasteiger partial charge < -0.3 is 4.74 Å². The standard InChI is InChI=1S/C13H15F3O2/c1-3-4-9(2)18-12(17)10-5-7-11(8-6-10)13(14,15)16/h5-9H,3-4H2,1-2H3. The molecule has 0 aliphatic rings. The van der Waals surface area contributed by atoms with Crippen LogP contribution in [0.2, 0.25) is 0 Å². The average molecular weight is 260 g/mol. The van der Waals surface area contributed by atoms with E-state index >= 15 is 0 Å². The number of benzene rings is 1. The minimum absolute atomic E-state index is 0.131. The lowest BCUT2D eigenvalue weighted by molar-refractivity contribution is -0.137. The lowest BCUT2D eigenvalue weighted by Crippen LogP contribution is -2.15. The van der Waals surface area contributed by atoms with Crippen LogP contribution in [0.25, 0.3) is 0 Å². The molecule has 5 heteroatoms. The van der Waals surface area contributed by atoms with Crippen molar-refractivity contribution in [2.45, 2.75) is 39.0 Å². The van der Waals surface area contributed by atoms with Crippen molar-refractivity contribution in [2.75, 3.05) is 0 Å². The van der Waals surface area contributed by atoms with Crippen molar-refractivity contribution >= 4 is 5.97 Å². The van der Waals surface area contributed by atoms with E-state index in [-0.39, 0.29) is 11.7 Å². The Kier molecular flexibility index (Phi) is 4.76. The van der Waals surface area contributed by atoms with Gasteiger partial charge in [0.2, 0.25) is 0 Å². The molecule has 18 heavy (non-hydrogen) atoms. The quantitative estimate of drug-likeness (QED) is 0.763. The molecule has 0 aliphatic carbocycles. The molecule has 2 nitrogen and oxygen atoms in total. The Hall–Kier alpha value is -1.52. The summed E-state index contributed by atoms with van der Waals surface area (Å²) in [6.07, 6.45) is -3.02. The van der Waals surface area contributed by atoms with Gasteiger partial charge in [-0.15, -0.1) is 0 Å². The SMILES string of the molecule is CCCC(C)OC(=O)c1ccc(C(F)(F)F)cc1. The molecular weight excluding hydrogens is 245 g/mol. The van der Waals surface area contributed by atoms with Gasteiger partial charge in [0.15, 0.2) is 0 Å². The van der Waals surface area contributed by atoms with Crippen LogP contribution in [-0.2, 0) is 10.9 Å². The molecular formula is C13H15F3O2. The zero-order chi connectivity index (χ0) is 13.8. The first-order valence-electron chi connectivity index (χ1n) is 5.72. The van der Waals surface area contributed by atoms with E-state index in [1.165, 1.54) is 0 Å². The van der Waals surface area contributed by atoms with Crippen LogP contribution in [0.1, 0.15) is 42.6 Å². The lowest BCUT2D eigenvalue weighted by atomic mass is 10.1. The Morgan fingerprint density at radius 2 is 1.83 bits per heavy atom. The summed E-state index contributed by atoms with van der Waals surface area (Å²) < 4.78 is 42.0. The Labute approximate surface area is 104 Å². The molecule has 100 valence electrons. The fourth-order valence-electron chi connectivity index (χ4n) is 1.51. The van der Waals surface area contributed by atoms with Crippen LogP contribution in [0.5, 0.6) is 0 Å². The number of esters is 1. The number of rotatable bonds is 4. The molecule has 0 saturated carbocycles. The van der Waals surface area contributed by atoms with Crippen molar-refractivity contribution in [3.05, 3.63) is 35.4 Å². The number of hydrogen-bond acceptors (Lipinski definition) is 2. The fourth-order valence-corrected chi connectivity index (χ4v) is 1.51.